The molecule has 2 amide bonds. The number of carbonyl (C=O) groups is 2. The molecule has 0 aliphatic carbocycles. The largest absolute Gasteiger partial charge is 0.383 e. The van der Waals surface area contributed by atoms with Crippen molar-refractivity contribution in [1.82, 2.24) is 9.80 Å². The van der Waals surface area contributed by atoms with Crippen LogP contribution in [-0.4, -0.2) is 61.5 Å². The fourth-order valence-corrected chi connectivity index (χ4v) is 4.30. The van der Waals surface area contributed by atoms with Gasteiger partial charge in [-0.2, -0.15) is 0 Å². The molecule has 1 atom stereocenters. The summed E-state index contributed by atoms with van der Waals surface area (Å²) in [6, 6.07) is 5.45. The van der Waals surface area contributed by atoms with Gasteiger partial charge in [0.15, 0.2) is 0 Å². The number of carbonyl (C=O) groups excluding carboxylic acids is 2. The Morgan fingerprint density at radius 3 is 2.85 bits per heavy atom. The molecule has 1 spiro atoms. The van der Waals surface area contributed by atoms with Crippen molar-refractivity contribution in [3.8, 4) is 0 Å². The first-order valence-electron chi connectivity index (χ1n) is 9.26. The number of ether oxygens (including phenoxy) is 1. The molecule has 5 nitrogen and oxygen atoms in total. The molecule has 2 fully saturated rings. The summed E-state index contributed by atoms with van der Waals surface area (Å²) in [6.45, 7) is 5.30. The minimum Gasteiger partial charge on any atom is -0.383 e. The average Bonchev–Trinajstić information content (AvgIpc) is 2.64. The van der Waals surface area contributed by atoms with Crippen LogP contribution in [0.25, 0.3) is 0 Å². The minimum absolute atomic E-state index is 0.0109. The van der Waals surface area contributed by atoms with Crippen molar-refractivity contribution in [2.45, 2.75) is 32.6 Å². The Labute approximate surface area is 160 Å². The van der Waals surface area contributed by atoms with Crippen LogP contribution in [0.2, 0.25) is 5.02 Å². The Morgan fingerprint density at radius 2 is 2.12 bits per heavy atom. The lowest BCUT2D eigenvalue weighted by Crippen LogP contribution is -2.55. The van der Waals surface area contributed by atoms with Gasteiger partial charge in [-0.1, -0.05) is 11.6 Å². The minimum atomic E-state index is 0.0109. The maximum atomic E-state index is 13.0. The number of hydrogen-bond acceptors (Lipinski definition) is 3. The second-order valence-electron chi connectivity index (χ2n) is 7.60. The highest BCUT2D eigenvalue weighted by Crippen LogP contribution is 2.39. The summed E-state index contributed by atoms with van der Waals surface area (Å²) in [6.07, 6.45) is 3.46. The van der Waals surface area contributed by atoms with Crippen molar-refractivity contribution in [2.75, 3.05) is 39.9 Å². The van der Waals surface area contributed by atoms with Crippen molar-refractivity contribution in [3.63, 3.8) is 0 Å². The van der Waals surface area contributed by atoms with Gasteiger partial charge in [-0.05, 0) is 49.9 Å². The number of methoxy groups -OCH3 is 1. The van der Waals surface area contributed by atoms with Crippen LogP contribution in [-0.2, 0) is 9.53 Å². The molecule has 3 rings (SSSR count). The van der Waals surface area contributed by atoms with Crippen LogP contribution in [0.1, 0.15) is 41.6 Å². The second kappa shape index (κ2) is 7.97. The van der Waals surface area contributed by atoms with Crippen LogP contribution in [0, 0.1) is 12.3 Å². The first-order chi connectivity index (χ1) is 12.4. The molecule has 2 saturated heterocycles. The van der Waals surface area contributed by atoms with E-state index < -0.39 is 0 Å². The quantitative estimate of drug-likeness (QED) is 0.808. The Kier molecular flexibility index (Phi) is 5.88. The van der Waals surface area contributed by atoms with Gasteiger partial charge < -0.3 is 14.5 Å². The summed E-state index contributed by atoms with van der Waals surface area (Å²) in [7, 11) is 1.65. The number of piperidine rings is 2. The van der Waals surface area contributed by atoms with Crippen LogP contribution in [0.3, 0.4) is 0 Å². The summed E-state index contributed by atoms with van der Waals surface area (Å²) < 4.78 is 5.14. The van der Waals surface area contributed by atoms with Crippen molar-refractivity contribution >= 4 is 23.4 Å². The number of aryl methyl sites for hydroxylation is 1. The van der Waals surface area contributed by atoms with Gasteiger partial charge in [0.05, 0.1) is 6.61 Å². The van der Waals surface area contributed by atoms with E-state index in [0.717, 1.165) is 37.9 Å². The second-order valence-corrected chi connectivity index (χ2v) is 8.01. The predicted octanol–water partition coefficient (Wildman–Crippen LogP) is 3.14. The van der Waals surface area contributed by atoms with Crippen LogP contribution < -0.4 is 0 Å². The summed E-state index contributed by atoms with van der Waals surface area (Å²) in [5.74, 6) is 0.258. The van der Waals surface area contributed by atoms with E-state index in [1.54, 1.807) is 19.2 Å². The zero-order chi connectivity index (χ0) is 18.7. The highest BCUT2D eigenvalue weighted by molar-refractivity contribution is 6.31. The third-order valence-electron chi connectivity index (χ3n) is 5.67. The molecule has 2 aliphatic heterocycles. The van der Waals surface area contributed by atoms with Crippen LogP contribution >= 0.6 is 11.6 Å². The molecular weight excluding hydrogens is 352 g/mol. The summed E-state index contributed by atoms with van der Waals surface area (Å²) >= 11 is 6.09. The van der Waals surface area contributed by atoms with Crippen molar-refractivity contribution in [1.29, 1.82) is 0 Å². The molecule has 0 bridgehead atoms. The summed E-state index contributed by atoms with van der Waals surface area (Å²) in [5.41, 5.74) is 1.61. The van der Waals surface area contributed by atoms with E-state index in [0.29, 0.717) is 36.7 Å². The number of nitrogens with zero attached hydrogens (tertiary/aromatic N) is 2. The van der Waals surface area contributed by atoms with Gasteiger partial charge in [0.25, 0.3) is 5.91 Å². The molecule has 2 heterocycles. The molecule has 2 aliphatic rings. The van der Waals surface area contributed by atoms with Gasteiger partial charge in [0.2, 0.25) is 5.91 Å². The summed E-state index contributed by atoms with van der Waals surface area (Å²) in [4.78, 5) is 29.1. The molecule has 0 aromatic heterocycles. The number of rotatable bonds is 4. The fourth-order valence-electron chi connectivity index (χ4n) is 4.18. The Hall–Kier alpha value is -1.59. The van der Waals surface area contributed by atoms with E-state index in [2.05, 4.69) is 0 Å². The monoisotopic (exact) mass is 378 g/mol. The van der Waals surface area contributed by atoms with Gasteiger partial charge in [-0.3, -0.25) is 9.59 Å². The molecule has 26 heavy (non-hydrogen) atoms. The van der Waals surface area contributed by atoms with Crippen molar-refractivity contribution < 1.29 is 14.3 Å². The molecular formula is C20H27ClN2O3. The number of amides is 2. The molecule has 0 unspecified atom stereocenters. The number of likely N-dealkylation sites (tertiary alicyclic amines) is 2. The van der Waals surface area contributed by atoms with E-state index >= 15 is 0 Å². The topological polar surface area (TPSA) is 49.9 Å². The lowest BCUT2D eigenvalue weighted by atomic mass is 9.73. The summed E-state index contributed by atoms with van der Waals surface area (Å²) in [5, 5.41) is 0.677. The molecule has 0 radical (unpaired) electrons. The van der Waals surface area contributed by atoms with Crippen molar-refractivity contribution in [2.24, 2.45) is 5.41 Å². The van der Waals surface area contributed by atoms with Gasteiger partial charge >= 0.3 is 0 Å². The van der Waals surface area contributed by atoms with E-state index in [-0.39, 0.29) is 17.2 Å². The first-order valence-corrected chi connectivity index (χ1v) is 9.64. The lowest BCUT2D eigenvalue weighted by molar-refractivity contribution is -0.139. The van der Waals surface area contributed by atoms with Gasteiger partial charge in [0.1, 0.15) is 0 Å². The smallest absolute Gasteiger partial charge is 0.253 e. The number of halogens is 1. The van der Waals surface area contributed by atoms with Crippen LogP contribution in [0.4, 0.5) is 0 Å². The van der Waals surface area contributed by atoms with E-state index in [1.807, 2.05) is 22.8 Å². The molecule has 0 saturated carbocycles. The van der Waals surface area contributed by atoms with E-state index in [4.69, 9.17) is 16.3 Å². The number of hydrogen-bond donors (Lipinski definition) is 0. The molecule has 142 valence electrons. The third-order valence-corrected chi connectivity index (χ3v) is 6.09. The Balaban J connectivity index is 1.72. The molecule has 0 N–H and O–H groups in total. The van der Waals surface area contributed by atoms with Crippen LogP contribution in [0.5, 0.6) is 0 Å². The molecule has 1 aromatic carbocycles. The van der Waals surface area contributed by atoms with E-state index in [9.17, 15) is 9.59 Å². The normalized spacial score (nSPS) is 23.6. The third kappa shape index (κ3) is 4.04. The SMILES string of the molecule is COCCN1C[C@@]2(CCCN(C(=O)c3ccc(Cl)c(C)c3)C2)CCC1=O. The van der Waals surface area contributed by atoms with Gasteiger partial charge in [-0.25, -0.2) is 0 Å². The zero-order valence-electron chi connectivity index (χ0n) is 15.6. The fraction of sp³-hybridized carbons (Fsp3) is 0.600. The van der Waals surface area contributed by atoms with E-state index in [1.165, 1.54) is 0 Å². The Bertz CT molecular complexity index is 694. The number of benzene rings is 1. The maximum absolute atomic E-state index is 13.0. The van der Waals surface area contributed by atoms with Gasteiger partial charge in [0, 0.05) is 55.7 Å². The first kappa shape index (κ1) is 19.2. The standard InChI is InChI=1S/C20H27ClN2O3/c1-15-12-16(4-5-17(15)21)19(25)23-9-3-7-20(14-23)8-6-18(24)22(13-20)10-11-26-2/h4-5,12H,3,6-11,13-14H2,1-2H3/t20-/m1/s1. The highest BCUT2D eigenvalue weighted by atomic mass is 35.5. The lowest BCUT2D eigenvalue weighted by Gasteiger charge is -2.48. The molecule has 1 aromatic rings. The maximum Gasteiger partial charge on any atom is 0.253 e. The Morgan fingerprint density at radius 1 is 1.31 bits per heavy atom. The highest BCUT2D eigenvalue weighted by Gasteiger charge is 2.42. The predicted molar refractivity (Wildman–Crippen MR) is 101 cm³/mol. The van der Waals surface area contributed by atoms with Crippen LogP contribution in [0.15, 0.2) is 18.2 Å². The van der Waals surface area contributed by atoms with Crippen molar-refractivity contribution in [3.05, 3.63) is 34.3 Å². The van der Waals surface area contributed by atoms with Gasteiger partial charge in [-0.15, -0.1) is 0 Å². The zero-order valence-corrected chi connectivity index (χ0v) is 16.3. The molecule has 6 heteroatoms. The average molecular weight is 379 g/mol.